The normalized spacial score (nSPS) is 14.4. The number of aromatic amines is 1. The summed E-state index contributed by atoms with van der Waals surface area (Å²) < 4.78 is 0. The molecule has 2 aromatic carbocycles. The number of benzene rings is 2. The average Bonchev–Trinajstić information content (AvgIpc) is 3.10. The number of aryl methyl sites for hydroxylation is 1. The SMILES string of the molecule is CC(=O)N1CCN(C(=O)Nc2n[nH]c3cc(-c4ccc(C)cc4)ccc23)CC1. The predicted octanol–water partition coefficient (Wildman–Crippen LogP) is 3.23. The molecule has 7 nitrogen and oxygen atoms in total. The fraction of sp³-hybridized carbons (Fsp3) is 0.286. The molecule has 0 aliphatic carbocycles. The van der Waals surface area contributed by atoms with E-state index in [1.165, 1.54) is 5.56 Å². The molecule has 3 aromatic rings. The molecule has 1 aromatic heterocycles. The second-order valence-electron chi connectivity index (χ2n) is 7.12. The minimum absolute atomic E-state index is 0.0442. The summed E-state index contributed by atoms with van der Waals surface area (Å²) in [5.74, 6) is 0.562. The van der Waals surface area contributed by atoms with E-state index in [0.717, 1.165) is 22.0 Å². The number of carbonyl (C=O) groups excluding carboxylic acids is 2. The van der Waals surface area contributed by atoms with Gasteiger partial charge in [-0.15, -0.1) is 0 Å². The molecule has 0 radical (unpaired) electrons. The van der Waals surface area contributed by atoms with Crippen molar-refractivity contribution in [2.24, 2.45) is 0 Å². The second kappa shape index (κ2) is 7.34. The quantitative estimate of drug-likeness (QED) is 0.719. The van der Waals surface area contributed by atoms with Crippen LogP contribution in [0.4, 0.5) is 10.6 Å². The van der Waals surface area contributed by atoms with Crippen molar-refractivity contribution in [1.29, 1.82) is 0 Å². The summed E-state index contributed by atoms with van der Waals surface area (Å²) in [7, 11) is 0. The number of carbonyl (C=O) groups is 2. The summed E-state index contributed by atoms with van der Waals surface area (Å²) in [6.45, 7) is 5.78. The summed E-state index contributed by atoms with van der Waals surface area (Å²) in [6, 6.07) is 14.2. The number of urea groups is 1. The van der Waals surface area contributed by atoms with Crippen LogP contribution < -0.4 is 5.32 Å². The zero-order chi connectivity index (χ0) is 19.7. The van der Waals surface area contributed by atoms with Gasteiger partial charge < -0.3 is 9.80 Å². The molecule has 144 valence electrons. The van der Waals surface area contributed by atoms with E-state index in [2.05, 4.69) is 46.7 Å². The van der Waals surface area contributed by atoms with Gasteiger partial charge >= 0.3 is 6.03 Å². The number of hydrogen-bond donors (Lipinski definition) is 2. The molecule has 0 spiro atoms. The highest BCUT2D eigenvalue weighted by Gasteiger charge is 2.23. The predicted molar refractivity (Wildman–Crippen MR) is 109 cm³/mol. The molecule has 0 saturated carbocycles. The van der Waals surface area contributed by atoms with Crippen molar-refractivity contribution in [2.45, 2.75) is 13.8 Å². The number of anilines is 1. The van der Waals surface area contributed by atoms with Gasteiger partial charge in [-0.1, -0.05) is 35.9 Å². The van der Waals surface area contributed by atoms with Crippen molar-refractivity contribution in [3.63, 3.8) is 0 Å². The Morgan fingerprint density at radius 1 is 0.964 bits per heavy atom. The molecule has 7 heteroatoms. The van der Waals surface area contributed by atoms with Gasteiger partial charge in [-0.25, -0.2) is 4.79 Å². The van der Waals surface area contributed by atoms with E-state index in [1.807, 2.05) is 18.2 Å². The second-order valence-corrected chi connectivity index (χ2v) is 7.12. The van der Waals surface area contributed by atoms with Gasteiger partial charge in [0.1, 0.15) is 0 Å². The van der Waals surface area contributed by atoms with Gasteiger partial charge in [0, 0.05) is 38.5 Å². The standard InChI is InChI=1S/C21H23N5O2/c1-14-3-5-16(6-4-14)17-7-8-18-19(13-17)23-24-20(18)22-21(28)26-11-9-25(10-12-26)15(2)27/h3-8,13H,9-12H2,1-2H3,(H2,22,23,24,28). The Morgan fingerprint density at radius 2 is 1.61 bits per heavy atom. The van der Waals surface area contributed by atoms with Gasteiger partial charge in [-0.05, 0) is 30.2 Å². The molecule has 0 atom stereocenters. The van der Waals surface area contributed by atoms with E-state index >= 15 is 0 Å². The lowest BCUT2D eigenvalue weighted by Crippen LogP contribution is -2.51. The van der Waals surface area contributed by atoms with Crippen LogP contribution in [0.2, 0.25) is 0 Å². The number of H-pyrrole nitrogens is 1. The van der Waals surface area contributed by atoms with Gasteiger partial charge in [-0.3, -0.25) is 15.2 Å². The zero-order valence-electron chi connectivity index (χ0n) is 16.0. The molecule has 28 heavy (non-hydrogen) atoms. The molecule has 1 fully saturated rings. The highest BCUT2D eigenvalue weighted by atomic mass is 16.2. The maximum Gasteiger partial charge on any atom is 0.323 e. The smallest absolute Gasteiger partial charge is 0.323 e. The maximum atomic E-state index is 12.6. The van der Waals surface area contributed by atoms with E-state index in [1.54, 1.807) is 16.7 Å². The summed E-state index contributed by atoms with van der Waals surface area (Å²) >= 11 is 0. The number of fused-ring (bicyclic) bond motifs is 1. The highest BCUT2D eigenvalue weighted by molar-refractivity contribution is 6.00. The van der Waals surface area contributed by atoms with Crippen LogP contribution in [-0.4, -0.2) is 58.1 Å². The average molecular weight is 377 g/mol. The Hall–Kier alpha value is -3.35. The Labute approximate surface area is 163 Å². The van der Waals surface area contributed by atoms with Gasteiger partial charge in [0.2, 0.25) is 5.91 Å². The van der Waals surface area contributed by atoms with Crippen molar-refractivity contribution >= 4 is 28.7 Å². The fourth-order valence-electron chi connectivity index (χ4n) is 3.45. The van der Waals surface area contributed by atoms with Crippen LogP contribution in [0, 0.1) is 6.92 Å². The molecule has 3 amide bonds. The van der Waals surface area contributed by atoms with E-state index < -0.39 is 0 Å². The van der Waals surface area contributed by atoms with Crippen molar-refractivity contribution in [1.82, 2.24) is 20.0 Å². The third-order valence-electron chi connectivity index (χ3n) is 5.19. The minimum Gasteiger partial charge on any atom is -0.339 e. The Kier molecular flexibility index (Phi) is 4.73. The van der Waals surface area contributed by atoms with Crippen LogP contribution in [0.1, 0.15) is 12.5 Å². The van der Waals surface area contributed by atoms with E-state index in [4.69, 9.17) is 0 Å². The van der Waals surface area contributed by atoms with Crippen LogP contribution in [0.3, 0.4) is 0 Å². The summed E-state index contributed by atoms with van der Waals surface area (Å²) in [5, 5.41) is 11.0. The topological polar surface area (TPSA) is 81.3 Å². The number of aromatic nitrogens is 2. The number of nitrogens with zero attached hydrogens (tertiary/aromatic N) is 3. The van der Waals surface area contributed by atoms with Crippen LogP contribution in [0.5, 0.6) is 0 Å². The van der Waals surface area contributed by atoms with Crippen molar-refractivity contribution in [2.75, 3.05) is 31.5 Å². The molecule has 4 rings (SSSR count). The van der Waals surface area contributed by atoms with Crippen LogP contribution >= 0.6 is 0 Å². The number of nitrogens with one attached hydrogen (secondary N) is 2. The Bertz CT molecular complexity index is 1020. The lowest BCUT2D eigenvalue weighted by atomic mass is 10.0. The summed E-state index contributed by atoms with van der Waals surface area (Å²) in [4.78, 5) is 27.4. The molecular weight excluding hydrogens is 354 g/mol. The van der Waals surface area contributed by atoms with Crippen LogP contribution in [0.25, 0.3) is 22.0 Å². The van der Waals surface area contributed by atoms with E-state index in [0.29, 0.717) is 32.0 Å². The maximum absolute atomic E-state index is 12.6. The van der Waals surface area contributed by atoms with Gasteiger partial charge in [0.15, 0.2) is 5.82 Å². The number of hydrogen-bond acceptors (Lipinski definition) is 3. The van der Waals surface area contributed by atoms with Crippen LogP contribution in [0.15, 0.2) is 42.5 Å². The third-order valence-corrected chi connectivity index (χ3v) is 5.19. The number of rotatable bonds is 2. The Morgan fingerprint density at radius 3 is 2.29 bits per heavy atom. The molecule has 2 heterocycles. The molecule has 1 aliphatic rings. The molecule has 0 bridgehead atoms. The first-order valence-corrected chi connectivity index (χ1v) is 9.38. The third kappa shape index (κ3) is 3.55. The van der Waals surface area contributed by atoms with Crippen molar-refractivity contribution in [3.05, 3.63) is 48.0 Å². The first kappa shape index (κ1) is 18.0. The highest BCUT2D eigenvalue weighted by Crippen LogP contribution is 2.27. The molecule has 1 saturated heterocycles. The van der Waals surface area contributed by atoms with Gasteiger partial charge in [0.05, 0.1) is 5.52 Å². The number of piperazine rings is 1. The lowest BCUT2D eigenvalue weighted by Gasteiger charge is -2.33. The van der Waals surface area contributed by atoms with E-state index in [9.17, 15) is 9.59 Å². The summed E-state index contributed by atoms with van der Waals surface area (Å²) in [5.41, 5.74) is 4.32. The van der Waals surface area contributed by atoms with Crippen LogP contribution in [-0.2, 0) is 4.79 Å². The summed E-state index contributed by atoms with van der Waals surface area (Å²) in [6.07, 6.45) is 0. The minimum atomic E-state index is -0.195. The molecule has 0 unspecified atom stereocenters. The number of amides is 3. The first-order valence-electron chi connectivity index (χ1n) is 9.38. The van der Waals surface area contributed by atoms with Crippen molar-refractivity contribution in [3.8, 4) is 11.1 Å². The first-order chi connectivity index (χ1) is 13.5. The van der Waals surface area contributed by atoms with Gasteiger partial charge in [0.25, 0.3) is 0 Å². The zero-order valence-corrected chi connectivity index (χ0v) is 16.0. The fourth-order valence-corrected chi connectivity index (χ4v) is 3.45. The van der Waals surface area contributed by atoms with Gasteiger partial charge in [-0.2, -0.15) is 5.10 Å². The Balaban J connectivity index is 1.48. The monoisotopic (exact) mass is 377 g/mol. The van der Waals surface area contributed by atoms with E-state index in [-0.39, 0.29) is 11.9 Å². The lowest BCUT2D eigenvalue weighted by molar-refractivity contribution is -0.130. The van der Waals surface area contributed by atoms with Crippen molar-refractivity contribution < 1.29 is 9.59 Å². The molecule has 2 N–H and O–H groups in total. The molecule has 1 aliphatic heterocycles. The largest absolute Gasteiger partial charge is 0.339 e. The molecular formula is C21H23N5O2.